The zero-order valence-corrected chi connectivity index (χ0v) is 16.7. The Morgan fingerprint density at radius 1 is 0.656 bits per heavy atom. The van der Waals surface area contributed by atoms with Gasteiger partial charge in [-0.25, -0.2) is 0 Å². The number of halogens is 4. The third kappa shape index (κ3) is 4.54. The summed E-state index contributed by atoms with van der Waals surface area (Å²) < 4.78 is 68.4. The maximum Gasteiger partial charge on any atom is 0.208 e. The average molecular weight is 446 g/mol. The zero-order chi connectivity index (χ0) is 23.4. The largest absolute Gasteiger partial charge is 0.508 e. The molecule has 2 N–H and O–H groups in total. The molecule has 0 saturated heterocycles. The molecule has 8 heteroatoms. The number of phenols is 2. The lowest BCUT2D eigenvalue weighted by molar-refractivity contribution is 0.330. The van der Waals surface area contributed by atoms with Gasteiger partial charge in [-0.2, -0.15) is 17.6 Å². The van der Waals surface area contributed by atoms with Gasteiger partial charge in [0.2, 0.25) is 34.8 Å². The van der Waals surface area contributed by atoms with E-state index in [0.29, 0.717) is 11.1 Å². The van der Waals surface area contributed by atoms with Crippen molar-refractivity contribution in [3.05, 3.63) is 96.1 Å². The molecular weight excluding hydrogens is 428 g/mol. The highest BCUT2D eigenvalue weighted by molar-refractivity contribution is 5.47. The van der Waals surface area contributed by atoms with E-state index >= 15 is 0 Å². The van der Waals surface area contributed by atoms with E-state index in [1.807, 2.05) is 0 Å². The Bertz CT molecular complexity index is 1070. The van der Waals surface area contributed by atoms with Gasteiger partial charge in [-0.15, -0.1) is 13.2 Å². The molecule has 3 aromatic carbocycles. The zero-order valence-electron chi connectivity index (χ0n) is 16.7. The van der Waals surface area contributed by atoms with Crippen molar-refractivity contribution >= 4 is 0 Å². The fourth-order valence-corrected chi connectivity index (χ4v) is 2.90. The minimum atomic E-state index is -1.80. The fourth-order valence-electron chi connectivity index (χ4n) is 2.90. The van der Waals surface area contributed by atoms with E-state index in [4.69, 9.17) is 9.47 Å². The van der Waals surface area contributed by atoms with Crippen LogP contribution in [0.1, 0.15) is 11.1 Å². The van der Waals surface area contributed by atoms with E-state index in [9.17, 15) is 27.8 Å². The molecule has 0 bridgehead atoms. The maximum atomic E-state index is 14.6. The number of allylic oxidation sites excluding steroid dienone is 2. The van der Waals surface area contributed by atoms with E-state index in [-0.39, 0.29) is 35.8 Å². The summed E-state index contributed by atoms with van der Waals surface area (Å²) in [6.45, 7) is 7.05. The molecule has 0 aliphatic rings. The topological polar surface area (TPSA) is 58.9 Å². The van der Waals surface area contributed by atoms with Gasteiger partial charge in [0, 0.05) is 11.1 Å². The summed E-state index contributed by atoms with van der Waals surface area (Å²) in [5.41, 5.74) is 0.670. The van der Waals surface area contributed by atoms with Gasteiger partial charge in [0.1, 0.15) is 23.0 Å². The van der Waals surface area contributed by atoms with Crippen molar-refractivity contribution in [2.75, 3.05) is 0 Å². The fraction of sp³-hybridized carbons (Fsp3) is 0.0833. The van der Waals surface area contributed by atoms with Crippen molar-refractivity contribution in [3.63, 3.8) is 0 Å². The molecule has 3 aromatic rings. The van der Waals surface area contributed by atoms with Gasteiger partial charge < -0.3 is 19.7 Å². The first-order chi connectivity index (χ1) is 15.3. The second kappa shape index (κ2) is 9.47. The normalized spacial score (nSPS) is 10.6. The summed E-state index contributed by atoms with van der Waals surface area (Å²) in [6, 6.07) is 7.29. The van der Waals surface area contributed by atoms with E-state index in [0.717, 1.165) is 0 Å². The molecule has 0 fully saturated rings. The monoisotopic (exact) mass is 446 g/mol. The first kappa shape index (κ1) is 22.7. The molecule has 0 aliphatic heterocycles. The summed E-state index contributed by atoms with van der Waals surface area (Å²) in [6.07, 6.45) is 3.42. The Hall–Kier alpha value is -3.94. The van der Waals surface area contributed by atoms with E-state index in [2.05, 4.69) is 13.2 Å². The number of aromatic hydroxyl groups is 2. The molecule has 32 heavy (non-hydrogen) atoms. The van der Waals surface area contributed by atoms with Crippen molar-refractivity contribution in [1.82, 2.24) is 0 Å². The molecule has 0 unspecified atom stereocenters. The van der Waals surface area contributed by atoms with Crippen LogP contribution in [0.5, 0.6) is 34.5 Å². The highest BCUT2D eigenvalue weighted by Gasteiger charge is 2.29. The minimum absolute atomic E-state index is 0.107. The highest BCUT2D eigenvalue weighted by Crippen LogP contribution is 2.40. The third-order valence-corrected chi connectivity index (χ3v) is 4.45. The van der Waals surface area contributed by atoms with E-state index < -0.39 is 34.8 Å². The van der Waals surface area contributed by atoms with Gasteiger partial charge in [0.05, 0.1) is 0 Å². The molecule has 0 aliphatic carbocycles. The van der Waals surface area contributed by atoms with Gasteiger partial charge in [-0.1, -0.05) is 12.2 Å². The molecule has 166 valence electrons. The summed E-state index contributed by atoms with van der Waals surface area (Å²) >= 11 is 0. The van der Waals surface area contributed by atoms with Gasteiger partial charge in [0.25, 0.3) is 0 Å². The highest BCUT2D eigenvalue weighted by atomic mass is 19.2. The molecule has 0 aromatic heterocycles. The third-order valence-electron chi connectivity index (χ3n) is 4.45. The molecule has 3 rings (SSSR count). The Morgan fingerprint density at radius 3 is 1.31 bits per heavy atom. The standard InChI is InChI=1S/C24H18F4O4/c1-3-5-13-11-15(7-9-17(13)29)31-23-19(25)21(27)24(22(28)20(23)26)32-16-8-10-18(30)14(12-16)6-4-2/h3-4,7-12,29-30H,1-2,5-6H2. The van der Waals surface area contributed by atoms with Crippen LogP contribution in [-0.2, 0) is 12.8 Å². The quantitative estimate of drug-likeness (QED) is 0.230. The van der Waals surface area contributed by atoms with E-state index in [1.54, 1.807) is 0 Å². The van der Waals surface area contributed by atoms with Crippen LogP contribution >= 0.6 is 0 Å². The predicted octanol–water partition coefficient (Wildman–Crippen LogP) is 6.70. The number of ether oxygens (including phenoxy) is 2. The molecule has 0 amide bonds. The number of hydrogen-bond acceptors (Lipinski definition) is 4. The summed E-state index contributed by atoms with van der Waals surface area (Å²) in [4.78, 5) is 0. The summed E-state index contributed by atoms with van der Waals surface area (Å²) in [5, 5.41) is 19.5. The molecule has 0 atom stereocenters. The molecule has 0 spiro atoms. The first-order valence-corrected chi connectivity index (χ1v) is 9.34. The van der Waals surface area contributed by atoms with Gasteiger partial charge >= 0.3 is 0 Å². The second-order valence-corrected chi connectivity index (χ2v) is 6.68. The minimum Gasteiger partial charge on any atom is -0.508 e. The predicted molar refractivity (Wildman–Crippen MR) is 110 cm³/mol. The molecule has 0 saturated carbocycles. The van der Waals surface area contributed by atoms with Crippen LogP contribution in [0, 0.1) is 23.3 Å². The van der Waals surface area contributed by atoms with Crippen LogP contribution in [0.25, 0.3) is 0 Å². The van der Waals surface area contributed by atoms with Crippen LogP contribution < -0.4 is 9.47 Å². The average Bonchev–Trinajstić information content (AvgIpc) is 2.77. The summed E-state index contributed by atoms with van der Waals surface area (Å²) in [5.74, 6) is -10.3. The lowest BCUT2D eigenvalue weighted by atomic mass is 10.1. The molecule has 0 heterocycles. The van der Waals surface area contributed by atoms with Gasteiger partial charge in [-0.05, 0) is 49.2 Å². The number of phenolic OH excluding ortho intramolecular Hbond substituents is 2. The Morgan fingerprint density at radius 2 is 1.00 bits per heavy atom. The lowest BCUT2D eigenvalue weighted by Crippen LogP contribution is -2.04. The maximum absolute atomic E-state index is 14.6. The van der Waals surface area contributed by atoms with Crippen LogP contribution in [0.3, 0.4) is 0 Å². The van der Waals surface area contributed by atoms with Crippen molar-refractivity contribution < 1.29 is 37.2 Å². The van der Waals surface area contributed by atoms with E-state index in [1.165, 1.54) is 48.6 Å². The molecule has 0 radical (unpaired) electrons. The Kier molecular flexibility index (Phi) is 6.73. The first-order valence-electron chi connectivity index (χ1n) is 9.34. The Balaban J connectivity index is 1.98. The number of rotatable bonds is 8. The van der Waals surface area contributed by atoms with Crippen LogP contribution in [0.2, 0.25) is 0 Å². The SMILES string of the molecule is C=CCc1cc(Oc2c(F)c(F)c(Oc3ccc(O)c(CC=C)c3)c(F)c2F)ccc1O. The van der Waals surface area contributed by atoms with Crippen LogP contribution in [-0.4, -0.2) is 10.2 Å². The Labute approximate surface area is 181 Å². The van der Waals surface area contributed by atoms with Gasteiger partial charge in [-0.3, -0.25) is 0 Å². The second-order valence-electron chi connectivity index (χ2n) is 6.68. The van der Waals surface area contributed by atoms with Crippen molar-refractivity contribution in [2.24, 2.45) is 0 Å². The smallest absolute Gasteiger partial charge is 0.208 e. The van der Waals surface area contributed by atoms with Crippen LogP contribution in [0.15, 0.2) is 61.7 Å². The van der Waals surface area contributed by atoms with Crippen molar-refractivity contribution in [3.8, 4) is 34.5 Å². The summed E-state index contributed by atoms with van der Waals surface area (Å²) in [7, 11) is 0. The molecular formula is C24H18F4O4. The van der Waals surface area contributed by atoms with Crippen molar-refractivity contribution in [1.29, 1.82) is 0 Å². The number of benzene rings is 3. The van der Waals surface area contributed by atoms with Crippen molar-refractivity contribution in [2.45, 2.75) is 12.8 Å². The van der Waals surface area contributed by atoms with Crippen LogP contribution in [0.4, 0.5) is 17.6 Å². The number of hydrogen-bond donors (Lipinski definition) is 2. The molecule has 4 nitrogen and oxygen atoms in total. The lowest BCUT2D eigenvalue weighted by Gasteiger charge is -2.15. The van der Waals surface area contributed by atoms with Gasteiger partial charge in [0.15, 0.2) is 0 Å².